The van der Waals surface area contributed by atoms with Gasteiger partial charge in [-0.2, -0.15) is 0 Å². The van der Waals surface area contributed by atoms with E-state index >= 15 is 0 Å². The van der Waals surface area contributed by atoms with Crippen LogP contribution >= 0.6 is 0 Å². The molecule has 250 valence electrons. The van der Waals surface area contributed by atoms with Crippen LogP contribution in [0.15, 0.2) is 60.7 Å². The molecule has 2 rings (SSSR count). The van der Waals surface area contributed by atoms with Crippen molar-refractivity contribution >= 4 is 36.8 Å². The summed E-state index contributed by atoms with van der Waals surface area (Å²) in [7, 11) is 0.402. The Morgan fingerprint density at radius 2 is 1.13 bits per heavy atom. The van der Waals surface area contributed by atoms with Crippen molar-refractivity contribution < 1.29 is 33.0 Å². The molecule has 2 aromatic carbocycles. The van der Waals surface area contributed by atoms with E-state index in [1.165, 1.54) is 9.80 Å². The van der Waals surface area contributed by atoms with E-state index in [9.17, 15) is 14.4 Å². The smallest absolute Gasteiger partial charge is 0.410 e. The first kappa shape index (κ1) is 37.8. The third-order valence-corrected chi connectivity index (χ3v) is 12.1. The molecule has 2 aromatic rings. The van der Waals surface area contributed by atoms with Gasteiger partial charge in [-0.1, -0.05) is 81.4 Å². The third-order valence-electron chi connectivity index (χ3n) is 7.05. The lowest BCUT2D eigenvalue weighted by atomic mass is 10.1. The number of likely N-dealkylation sites (N-methyl/N-ethyl adjacent to an activating group) is 2. The Balaban J connectivity index is 2.17. The summed E-state index contributed by atoms with van der Waals surface area (Å²) < 4.78 is 23.6. The first-order chi connectivity index (χ1) is 20.8. The maximum atomic E-state index is 13.2. The predicted molar refractivity (Wildman–Crippen MR) is 180 cm³/mol. The molecule has 0 saturated carbocycles. The molecule has 0 spiro atoms. The summed E-state index contributed by atoms with van der Waals surface area (Å²) in [6, 6.07) is 20.7. The second kappa shape index (κ2) is 15.8. The number of amides is 2. The van der Waals surface area contributed by atoms with Crippen LogP contribution in [0.25, 0.3) is 0 Å². The highest BCUT2D eigenvalue weighted by atomic mass is 28.4. The van der Waals surface area contributed by atoms with Crippen LogP contribution in [-0.2, 0) is 23.4 Å². The van der Waals surface area contributed by atoms with Crippen molar-refractivity contribution in [3.05, 3.63) is 60.7 Å². The minimum atomic E-state index is -2.76. The molecule has 0 aromatic heterocycles. The zero-order chi connectivity index (χ0) is 34.1. The Kier molecular flexibility index (Phi) is 13.2. The van der Waals surface area contributed by atoms with Crippen molar-refractivity contribution in [3.63, 3.8) is 0 Å². The quantitative estimate of drug-likeness (QED) is 0.122. The van der Waals surface area contributed by atoms with Gasteiger partial charge in [-0.15, -0.1) is 0 Å². The van der Waals surface area contributed by atoms with Crippen molar-refractivity contribution in [1.29, 1.82) is 0 Å². The summed E-state index contributed by atoms with van der Waals surface area (Å²) in [5.74, 6) is -0.611. The normalized spacial score (nSPS) is 13.0. The minimum Gasteiger partial charge on any atom is -0.457 e. The van der Waals surface area contributed by atoms with Gasteiger partial charge < -0.3 is 28.4 Å². The summed E-state index contributed by atoms with van der Waals surface area (Å²) >= 11 is 0. The van der Waals surface area contributed by atoms with Gasteiger partial charge in [0.2, 0.25) is 6.10 Å². The van der Waals surface area contributed by atoms with Crippen molar-refractivity contribution in [2.45, 2.75) is 97.5 Å². The fourth-order valence-electron chi connectivity index (χ4n) is 4.88. The monoisotopic (exact) mass is 642 g/mol. The molecule has 45 heavy (non-hydrogen) atoms. The van der Waals surface area contributed by atoms with Crippen LogP contribution in [-0.4, -0.2) is 87.4 Å². The summed E-state index contributed by atoms with van der Waals surface area (Å²) in [5, 5.41) is 2.13. The molecule has 0 aliphatic carbocycles. The van der Waals surface area contributed by atoms with Crippen LogP contribution < -0.4 is 10.4 Å². The highest BCUT2D eigenvalue weighted by Crippen LogP contribution is 2.37. The van der Waals surface area contributed by atoms with Crippen molar-refractivity contribution in [1.82, 2.24) is 9.80 Å². The third kappa shape index (κ3) is 11.5. The molecule has 9 nitrogen and oxygen atoms in total. The number of carbonyl (C=O) groups is 3. The van der Waals surface area contributed by atoms with E-state index in [4.69, 9.17) is 18.6 Å². The number of hydrogen-bond donors (Lipinski definition) is 0. The van der Waals surface area contributed by atoms with Crippen molar-refractivity contribution in [3.8, 4) is 0 Å². The molecule has 0 fully saturated rings. The highest BCUT2D eigenvalue weighted by molar-refractivity contribution is 6.99. The molecule has 0 aliphatic rings. The Morgan fingerprint density at radius 1 is 0.689 bits per heavy atom. The highest BCUT2D eigenvalue weighted by Gasteiger charge is 2.50. The van der Waals surface area contributed by atoms with Crippen LogP contribution in [0.5, 0.6) is 0 Å². The molecule has 2 amide bonds. The molecule has 0 N–H and O–H groups in total. The minimum absolute atomic E-state index is 0.187. The van der Waals surface area contributed by atoms with E-state index in [1.54, 1.807) is 55.6 Å². The van der Waals surface area contributed by atoms with Gasteiger partial charge in [-0.25, -0.2) is 14.4 Å². The van der Waals surface area contributed by atoms with Crippen LogP contribution in [0.1, 0.15) is 75.2 Å². The predicted octanol–water partition coefficient (Wildman–Crippen LogP) is 5.99. The lowest BCUT2D eigenvalue weighted by Crippen LogP contribution is -2.66. The van der Waals surface area contributed by atoms with Crippen LogP contribution in [0, 0.1) is 0 Å². The van der Waals surface area contributed by atoms with Crippen LogP contribution in [0.2, 0.25) is 5.04 Å². The summed E-state index contributed by atoms with van der Waals surface area (Å²) in [6.07, 6.45) is -1.60. The fraction of sp³-hybridized carbons (Fsp3) is 0.571. The van der Waals surface area contributed by atoms with Gasteiger partial charge in [-0.3, -0.25) is 0 Å². The first-order valence-corrected chi connectivity index (χ1v) is 17.5. The number of benzene rings is 2. The largest absolute Gasteiger partial charge is 0.457 e. The van der Waals surface area contributed by atoms with Crippen LogP contribution in [0.3, 0.4) is 0 Å². The van der Waals surface area contributed by atoms with Gasteiger partial charge in [0, 0.05) is 33.8 Å². The number of hydrogen-bond acceptors (Lipinski definition) is 7. The summed E-state index contributed by atoms with van der Waals surface area (Å²) in [6.45, 7) is 18.1. The van der Waals surface area contributed by atoms with Crippen LogP contribution in [0.4, 0.5) is 9.59 Å². The molecule has 1 unspecified atom stereocenters. The first-order valence-electron chi connectivity index (χ1n) is 15.6. The summed E-state index contributed by atoms with van der Waals surface area (Å²) in [5.41, 5.74) is -1.38. The lowest BCUT2D eigenvalue weighted by molar-refractivity contribution is -0.166. The van der Waals surface area contributed by atoms with Gasteiger partial charge in [0.25, 0.3) is 8.32 Å². The Bertz CT molecular complexity index is 1200. The van der Waals surface area contributed by atoms with E-state index in [2.05, 4.69) is 45.0 Å². The van der Waals surface area contributed by atoms with E-state index in [1.807, 2.05) is 36.4 Å². The Morgan fingerprint density at radius 3 is 1.56 bits per heavy atom. The van der Waals surface area contributed by atoms with Gasteiger partial charge in [0.15, 0.2) is 0 Å². The standard InChI is InChI=1S/C35H54N2O7Si/c1-33(2,3)43-30(38)29(42-31(39)36(10)24-25-37(11)32(40)44-34(4,5)6)23-18-26-41-45(35(7,8)9,27-19-14-12-15-20-27)28-21-16-13-17-22-28/h12-17,19-22,29H,18,23-26H2,1-11H3. The number of esters is 1. The molecular weight excluding hydrogens is 588 g/mol. The molecule has 0 bridgehead atoms. The van der Waals surface area contributed by atoms with Gasteiger partial charge in [-0.05, 0) is 69.8 Å². The number of rotatable bonds is 12. The molecular formula is C35H54N2O7Si. The Hall–Kier alpha value is -3.37. The second-order valence-corrected chi connectivity index (χ2v) is 18.7. The number of nitrogens with zero attached hydrogens (tertiary/aromatic N) is 2. The molecule has 10 heteroatoms. The van der Waals surface area contributed by atoms with Gasteiger partial charge in [0.05, 0.1) is 0 Å². The molecule has 1 atom stereocenters. The maximum Gasteiger partial charge on any atom is 0.410 e. The van der Waals surface area contributed by atoms with E-state index < -0.39 is 43.8 Å². The van der Waals surface area contributed by atoms with E-state index in [-0.39, 0.29) is 24.5 Å². The average molecular weight is 643 g/mol. The zero-order valence-electron chi connectivity index (χ0n) is 29.1. The molecule has 0 aliphatic heterocycles. The number of ether oxygens (including phenoxy) is 3. The topological polar surface area (TPSA) is 94.6 Å². The molecule has 0 saturated heterocycles. The summed E-state index contributed by atoms with van der Waals surface area (Å²) in [4.78, 5) is 41.3. The molecule has 0 radical (unpaired) electrons. The SMILES string of the molecule is CN(CCN(C)C(=O)OC(C)(C)C)C(=O)OC(CCCO[Si](c1ccccc1)(c1ccccc1)C(C)(C)C)C(=O)OC(C)(C)C. The van der Waals surface area contributed by atoms with E-state index in [0.717, 1.165) is 10.4 Å². The van der Waals surface area contributed by atoms with Crippen molar-refractivity contribution in [2.75, 3.05) is 33.8 Å². The Labute approximate surface area is 271 Å². The molecule has 0 heterocycles. The van der Waals surface area contributed by atoms with Crippen molar-refractivity contribution in [2.24, 2.45) is 0 Å². The zero-order valence-corrected chi connectivity index (χ0v) is 30.1. The van der Waals surface area contributed by atoms with Gasteiger partial charge in [0.1, 0.15) is 11.2 Å². The lowest BCUT2D eigenvalue weighted by Gasteiger charge is -2.43. The maximum absolute atomic E-state index is 13.2. The average Bonchev–Trinajstić information content (AvgIpc) is 2.93. The fourth-order valence-corrected chi connectivity index (χ4v) is 9.49. The van der Waals surface area contributed by atoms with E-state index in [0.29, 0.717) is 13.0 Å². The number of carbonyl (C=O) groups excluding carboxylic acids is 3. The van der Waals surface area contributed by atoms with Gasteiger partial charge >= 0.3 is 18.2 Å². The second-order valence-electron chi connectivity index (χ2n) is 14.4.